The number of ether oxygens (including phenoxy) is 1. The molecule has 0 spiro atoms. The second-order valence-electron chi connectivity index (χ2n) is 7.34. The quantitative estimate of drug-likeness (QED) is 0.756. The van der Waals surface area contributed by atoms with Gasteiger partial charge in [0.15, 0.2) is 0 Å². The molecule has 3 rings (SSSR count). The largest absolute Gasteiger partial charge is 0.493 e. The summed E-state index contributed by atoms with van der Waals surface area (Å²) in [4.78, 5) is 0. The number of aliphatic hydroxyl groups excluding tert-OH is 1. The van der Waals surface area contributed by atoms with Crippen LogP contribution in [0.15, 0.2) is 36.4 Å². The lowest BCUT2D eigenvalue weighted by Crippen LogP contribution is -2.31. The van der Waals surface area contributed by atoms with E-state index in [1.165, 1.54) is 12.1 Å². The summed E-state index contributed by atoms with van der Waals surface area (Å²) in [6.45, 7) is 8.72. The Morgan fingerprint density at radius 1 is 1.15 bits per heavy atom. The highest BCUT2D eigenvalue weighted by molar-refractivity contribution is 5.88. The molecule has 2 N–H and O–H groups in total. The Kier molecular flexibility index (Phi) is 5.05. The first-order chi connectivity index (χ1) is 12.4. The molecule has 2 aromatic carbocycles. The molecule has 26 heavy (non-hydrogen) atoms. The molecule has 4 heteroatoms. The fourth-order valence-electron chi connectivity index (χ4n) is 3.67. The first-order valence-corrected chi connectivity index (χ1v) is 9.03. The van der Waals surface area contributed by atoms with Gasteiger partial charge in [-0.05, 0) is 62.1 Å². The summed E-state index contributed by atoms with van der Waals surface area (Å²) in [6.07, 6.45) is 3.01. The molecule has 3 nitrogen and oxygen atoms in total. The lowest BCUT2D eigenvalue weighted by Gasteiger charge is -2.33. The van der Waals surface area contributed by atoms with Crippen molar-refractivity contribution in [1.82, 2.24) is 0 Å². The van der Waals surface area contributed by atoms with Crippen LogP contribution in [0.25, 0.3) is 16.7 Å². The number of aliphatic hydroxyl groups is 1. The molecule has 1 aliphatic rings. The molecule has 0 amide bonds. The van der Waals surface area contributed by atoms with E-state index >= 15 is 0 Å². The van der Waals surface area contributed by atoms with E-state index in [4.69, 9.17) is 4.74 Å². The lowest BCUT2D eigenvalue weighted by molar-refractivity contribution is 0.282. The average Bonchev–Trinajstić information content (AvgIpc) is 2.58. The van der Waals surface area contributed by atoms with Crippen molar-refractivity contribution in [3.63, 3.8) is 0 Å². The van der Waals surface area contributed by atoms with E-state index in [1.807, 2.05) is 19.1 Å². The highest BCUT2D eigenvalue weighted by Crippen LogP contribution is 2.42. The van der Waals surface area contributed by atoms with Crippen molar-refractivity contribution < 1.29 is 14.2 Å². The zero-order valence-electron chi connectivity index (χ0n) is 15.8. The van der Waals surface area contributed by atoms with Crippen LogP contribution in [0.5, 0.6) is 5.75 Å². The standard InChI is InChI=1S/C22H26FNO2/c1-5-10-26-20-11-15(23)6-7-17(20)16-8-9-19-21(18(16)13-25)14(2)12-22(3,4)24-19/h6-9,11-12,24-25H,5,10,13H2,1-4H3. The minimum absolute atomic E-state index is 0.101. The molecule has 1 heterocycles. The molecule has 1 aliphatic heterocycles. The zero-order chi connectivity index (χ0) is 18.9. The van der Waals surface area contributed by atoms with Crippen molar-refractivity contribution in [3.8, 4) is 16.9 Å². The molecular weight excluding hydrogens is 329 g/mol. The molecule has 0 radical (unpaired) electrons. The van der Waals surface area contributed by atoms with Crippen LogP contribution in [-0.4, -0.2) is 17.3 Å². The molecule has 138 valence electrons. The number of hydrogen-bond acceptors (Lipinski definition) is 3. The van der Waals surface area contributed by atoms with Crippen LogP contribution in [0.4, 0.5) is 10.1 Å². The maximum absolute atomic E-state index is 13.7. The van der Waals surface area contributed by atoms with E-state index in [-0.39, 0.29) is 18.0 Å². The lowest BCUT2D eigenvalue weighted by atomic mass is 9.85. The van der Waals surface area contributed by atoms with Crippen LogP contribution in [-0.2, 0) is 6.61 Å². The van der Waals surface area contributed by atoms with Gasteiger partial charge in [-0.2, -0.15) is 0 Å². The van der Waals surface area contributed by atoms with Gasteiger partial charge in [-0.15, -0.1) is 0 Å². The van der Waals surface area contributed by atoms with Crippen molar-refractivity contribution in [2.75, 3.05) is 11.9 Å². The topological polar surface area (TPSA) is 41.5 Å². The summed E-state index contributed by atoms with van der Waals surface area (Å²) < 4.78 is 19.5. The molecule has 0 saturated carbocycles. The number of fused-ring (bicyclic) bond motifs is 1. The first kappa shape index (κ1) is 18.5. The number of benzene rings is 2. The third-order valence-corrected chi connectivity index (χ3v) is 4.60. The molecule has 2 aromatic rings. The molecule has 0 aliphatic carbocycles. The van der Waals surface area contributed by atoms with Crippen molar-refractivity contribution in [3.05, 3.63) is 53.4 Å². The summed E-state index contributed by atoms with van der Waals surface area (Å²) in [5.41, 5.74) is 5.48. The zero-order valence-corrected chi connectivity index (χ0v) is 15.8. The molecule has 0 saturated heterocycles. The van der Waals surface area contributed by atoms with Gasteiger partial charge in [0, 0.05) is 22.9 Å². The van der Waals surface area contributed by atoms with Gasteiger partial charge in [-0.25, -0.2) is 4.39 Å². The van der Waals surface area contributed by atoms with Gasteiger partial charge in [0.1, 0.15) is 11.6 Å². The number of nitrogens with one attached hydrogen (secondary N) is 1. The van der Waals surface area contributed by atoms with E-state index in [9.17, 15) is 9.50 Å². The summed E-state index contributed by atoms with van der Waals surface area (Å²) >= 11 is 0. The third-order valence-electron chi connectivity index (χ3n) is 4.60. The molecule has 0 fully saturated rings. The van der Waals surface area contributed by atoms with Gasteiger partial charge < -0.3 is 15.2 Å². The van der Waals surface area contributed by atoms with E-state index < -0.39 is 0 Å². The van der Waals surface area contributed by atoms with Crippen LogP contribution < -0.4 is 10.1 Å². The maximum Gasteiger partial charge on any atom is 0.130 e. The van der Waals surface area contributed by atoms with E-state index in [0.717, 1.165) is 39.9 Å². The van der Waals surface area contributed by atoms with Crippen molar-refractivity contribution in [1.29, 1.82) is 0 Å². The summed E-state index contributed by atoms with van der Waals surface area (Å²) in [5.74, 6) is 0.176. The van der Waals surface area contributed by atoms with Crippen molar-refractivity contribution in [2.45, 2.75) is 46.3 Å². The van der Waals surface area contributed by atoms with Crippen LogP contribution in [0, 0.1) is 5.82 Å². The second kappa shape index (κ2) is 7.12. The SMILES string of the molecule is CCCOc1cc(F)ccc1-c1ccc2c(c1CO)C(C)=CC(C)(C)N2. The Balaban J connectivity index is 2.18. The minimum Gasteiger partial charge on any atom is -0.493 e. The number of rotatable bonds is 5. The van der Waals surface area contributed by atoms with Crippen molar-refractivity contribution in [2.24, 2.45) is 0 Å². The smallest absolute Gasteiger partial charge is 0.130 e. The van der Waals surface area contributed by atoms with Crippen LogP contribution in [0.3, 0.4) is 0 Å². The fourth-order valence-corrected chi connectivity index (χ4v) is 3.67. The van der Waals surface area contributed by atoms with Crippen LogP contribution >= 0.6 is 0 Å². The minimum atomic E-state index is -0.331. The Morgan fingerprint density at radius 3 is 2.58 bits per heavy atom. The van der Waals surface area contributed by atoms with Crippen LogP contribution in [0.2, 0.25) is 0 Å². The van der Waals surface area contributed by atoms with Gasteiger partial charge in [-0.1, -0.05) is 19.1 Å². The van der Waals surface area contributed by atoms with Crippen LogP contribution in [0.1, 0.15) is 45.2 Å². The van der Waals surface area contributed by atoms with Gasteiger partial charge in [-0.3, -0.25) is 0 Å². The normalized spacial score (nSPS) is 15.1. The molecule has 0 aromatic heterocycles. The van der Waals surface area contributed by atoms with E-state index in [0.29, 0.717) is 12.4 Å². The number of halogens is 1. The highest BCUT2D eigenvalue weighted by Gasteiger charge is 2.26. The van der Waals surface area contributed by atoms with E-state index in [1.54, 1.807) is 6.07 Å². The Bertz CT molecular complexity index is 855. The summed E-state index contributed by atoms with van der Waals surface area (Å²) in [7, 11) is 0. The van der Waals surface area contributed by atoms with E-state index in [2.05, 4.69) is 32.2 Å². The molecule has 0 bridgehead atoms. The molecule has 0 unspecified atom stereocenters. The monoisotopic (exact) mass is 355 g/mol. The molecular formula is C22H26FNO2. The van der Waals surface area contributed by atoms with Gasteiger partial charge in [0.05, 0.1) is 18.8 Å². The van der Waals surface area contributed by atoms with Gasteiger partial charge in [0.25, 0.3) is 0 Å². The third kappa shape index (κ3) is 3.47. The number of allylic oxidation sites excluding steroid dienone is 1. The first-order valence-electron chi connectivity index (χ1n) is 9.03. The Labute approximate surface area is 154 Å². The number of hydrogen-bond donors (Lipinski definition) is 2. The average molecular weight is 355 g/mol. The predicted octanol–water partition coefficient (Wildman–Crippen LogP) is 5.38. The van der Waals surface area contributed by atoms with Gasteiger partial charge in [0.2, 0.25) is 0 Å². The van der Waals surface area contributed by atoms with Crippen molar-refractivity contribution >= 4 is 11.3 Å². The Hall–Kier alpha value is -2.33. The maximum atomic E-state index is 13.7. The summed E-state index contributed by atoms with van der Waals surface area (Å²) in [5, 5.41) is 13.6. The number of anilines is 1. The second-order valence-corrected chi connectivity index (χ2v) is 7.34. The van der Waals surface area contributed by atoms with Gasteiger partial charge >= 0.3 is 0 Å². The fraction of sp³-hybridized carbons (Fsp3) is 0.364. The highest BCUT2D eigenvalue weighted by atomic mass is 19.1. The predicted molar refractivity (Wildman–Crippen MR) is 105 cm³/mol. The summed E-state index contributed by atoms with van der Waals surface area (Å²) in [6, 6.07) is 8.56. The molecule has 0 atom stereocenters. The Morgan fingerprint density at radius 2 is 1.88 bits per heavy atom.